The summed E-state index contributed by atoms with van der Waals surface area (Å²) in [6.07, 6.45) is 14.8. The molecule has 0 bridgehead atoms. The van der Waals surface area contributed by atoms with Crippen LogP contribution in [0.15, 0.2) is 53.7 Å². The van der Waals surface area contributed by atoms with Gasteiger partial charge in [-0.3, -0.25) is 9.63 Å². The average molecular weight is 204 g/mol. The zero-order valence-electron chi connectivity index (χ0n) is 8.17. The zero-order chi connectivity index (χ0) is 10.8. The maximum absolute atomic E-state index is 11.1. The van der Waals surface area contributed by atoms with E-state index in [1.165, 1.54) is 24.4 Å². The summed E-state index contributed by atoms with van der Waals surface area (Å²) < 4.78 is 0. The van der Waals surface area contributed by atoms with Gasteiger partial charge in [-0.25, -0.2) is 0 Å². The number of carbonyl (C=O) groups is 1. The molecule has 0 atom stereocenters. The van der Waals surface area contributed by atoms with E-state index in [-0.39, 0.29) is 5.78 Å². The van der Waals surface area contributed by atoms with Gasteiger partial charge in [0.2, 0.25) is 0 Å². The molecule has 0 saturated carbocycles. The lowest BCUT2D eigenvalue weighted by Crippen LogP contribution is -2.06. The topological polar surface area (TPSA) is 50.7 Å². The lowest BCUT2D eigenvalue weighted by atomic mass is 10.3. The number of hydrogen-bond donors (Lipinski definition) is 1. The minimum atomic E-state index is -0.0898. The Labute approximate surface area is 88.3 Å². The molecule has 0 aromatic heterocycles. The van der Waals surface area contributed by atoms with Crippen LogP contribution in [0.25, 0.3) is 0 Å². The molecule has 0 radical (unpaired) electrons. The molecule has 1 aliphatic rings. The van der Waals surface area contributed by atoms with Crippen molar-refractivity contribution in [1.29, 1.82) is 0 Å². The van der Waals surface area contributed by atoms with Crippen molar-refractivity contribution in [2.45, 2.75) is 0 Å². The second-order valence-electron chi connectivity index (χ2n) is 2.61. The molecule has 4 heteroatoms. The number of allylic oxidation sites excluding steroid dienone is 7. The van der Waals surface area contributed by atoms with E-state index in [4.69, 9.17) is 4.84 Å². The van der Waals surface area contributed by atoms with Gasteiger partial charge in [-0.1, -0.05) is 30.4 Å². The minimum Gasteiger partial charge on any atom is -0.290 e. The fourth-order valence-electron chi connectivity index (χ4n) is 0.802. The molecule has 0 amide bonds. The van der Waals surface area contributed by atoms with Crippen molar-refractivity contribution < 1.29 is 9.63 Å². The maximum atomic E-state index is 11.1. The van der Waals surface area contributed by atoms with E-state index in [2.05, 4.69) is 10.7 Å². The van der Waals surface area contributed by atoms with Crippen LogP contribution < -0.4 is 5.59 Å². The van der Waals surface area contributed by atoms with E-state index in [1.807, 2.05) is 18.2 Å². The Bertz CT molecular complexity index is 338. The van der Waals surface area contributed by atoms with Crippen LogP contribution in [-0.4, -0.2) is 18.6 Å². The first-order chi connectivity index (χ1) is 7.39. The summed E-state index contributed by atoms with van der Waals surface area (Å²) in [6.45, 7) is 0.425. The van der Waals surface area contributed by atoms with Crippen LogP contribution in [0, 0.1) is 0 Å². The van der Waals surface area contributed by atoms with Gasteiger partial charge >= 0.3 is 0 Å². The minimum absolute atomic E-state index is 0.0898. The zero-order valence-corrected chi connectivity index (χ0v) is 8.17. The van der Waals surface area contributed by atoms with Gasteiger partial charge in [-0.2, -0.15) is 10.7 Å². The Kier molecular flexibility index (Phi) is 5.54. The van der Waals surface area contributed by atoms with Crippen LogP contribution in [-0.2, 0) is 9.63 Å². The van der Waals surface area contributed by atoms with Gasteiger partial charge in [0.05, 0.1) is 6.61 Å². The lowest BCUT2D eigenvalue weighted by Gasteiger charge is -1.95. The Balaban J connectivity index is 2.61. The van der Waals surface area contributed by atoms with Crippen molar-refractivity contribution in [3.05, 3.63) is 48.6 Å². The molecule has 0 spiro atoms. The van der Waals surface area contributed by atoms with E-state index in [0.717, 1.165) is 0 Å². The monoisotopic (exact) mass is 204 g/mol. The summed E-state index contributed by atoms with van der Waals surface area (Å²) in [7, 11) is 0. The molecule has 78 valence electrons. The lowest BCUT2D eigenvalue weighted by molar-refractivity contribution is -0.110. The summed E-state index contributed by atoms with van der Waals surface area (Å²) in [5.74, 6) is -0.0898. The standard InChI is InChI=1S/C11H12N2O2/c14-11-7-4-2-1-3-5-10-15-13-12-9-6-8-11/h1-9,13H,10H2/b2-1-,5-3+,7-4+,8-6+,12-9-. The van der Waals surface area contributed by atoms with E-state index >= 15 is 0 Å². The van der Waals surface area contributed by atoms with Gasteiger partial charge in [0.15, 0.2) is 5.78 Å². The second kappa shape index (κ2) is 7.46. The summed E-state index contributed by atoms with van der Waals surface area (Å²) in [6, 6.07) is 0. The third-order valence-electron chi connectivity index (χ3n) is 1.45. The Morgan fingerprint density at radius 2 is 1.93 bits per heavy atom. The Morgan fingerprint density at radius 1 is 1.13 bits per heavy atom. The summed E-state index contributed by atoms with van der Waals surface area (Å²) in [5, 5.41) is 3.68. The van der Waals surface area contributed by atoms with Gasteiger partial charge in [-0.05, 0) is 18.2 Å². The van der Waals surface area contributed by atoms with Crippen LogP contribution in [0.2, 0.25) is 0 Å². The van der Waals surface area contributed by atoms with E-state index in [9.17, 15) is 4.79 Å². The summed E-state index contributed by atoms with van der Waals surface area (Å²) in [4.78, 5) is 16.0. The number of rotatable bonds is 0. The fourth-order valence-corrected chi connectivity index (χ4v) is 0.802. The molecule has 1 N–H and O–H groups in total. The SMILES string of the molecule is O=C1/C=C/C=C\C=C\CON/N=C\C=C\1. The fraction of sp³-hybridized carbons (Fsp3) is 0.0909. The first kappa shape index (κ1) is 11.1. The van der Waals surface area contributed by atoms with Crippen LogP contribution >= 0.6 is 0 Å². The Hall–Kier alpha value is -1.94. The Morgan fingerprint density at radius 3 is 2.87 bits per heavy atom. The van der Waals surface area contributed by atoms with Crippen molar-refractivity contribution in [3.63, 3.8) is 0 Å². The molecule has 0 fully saturated rings. The smallest absolute Gasteiger partial charge is 0.178 e. The molecule has 0 aromatic rings. The first-order valence-electron chi connectivity index (χ1n) is 4.50. The quantitative estimate of drug-likeness (QED) is 0.647. The normalized spacial score (nSPS) is 28.1. The molecule has 0 aliphatic carbocycles. The highest BCUT2D eigenvalue weighted by Gasteiger charge is 1.84. The van der Waals surface area contributed by atoms with Crippen LogP contribution in [0.4, 0.5) is 0 Å². The molecular weight excluding hydrogens is 192 g/mol. The van der Waals surface area contributed by atoms with Crippen LogP contribution in [0.1, 0.15) is 0 Å². The number of ketones is 1. The van der Waals surface area contributed by atoms with Crippen molar-refractivity contribution in [3.8, 4) is 0 Å². The molecule has 1 rings (SSSR count). The van der Waals surface area contributed by atoms with Gasteiger partial charge in [0, 0.05) is 6.21 Å². The van der Waals surface area contributed by atoms with Crippen molar-refractivity contribution >= 4 is 12.0 Å². The van der Waals surface area contributed by atoms with Crippen molar-refractivity contribution in [2.75, 3.05) is 6.61 Å². The predicted molar refractivity (Wildman–Crippen MR) is 59.1 cm³/mol. The third-order valence-corrected chi connectivity index (χ3v) is 1.45. The molecule has 0 aromatic carbocycles. The van der Waals surface area contributed by atoms with Crippen molar-refractivity contribution in [2.24, 2.45) is 5.10 Å². The highest BCUT2D eigenvalue weighted by atomic mass is 16.7. The number of hydrazone groups is 1. The van der Waals surface area contributed by atoms with E-state index in [0.29, 0.717) is 6.61 Å². The number of nitrogens with zero attached hydrogens (tertiary/aromatic N) is 1. The molecule has 4 nitrogen and oxygen atoms in total. The first-order valence-corrected chi connectivity index (χ1v) is 4.50. The number of nitrogens with one attached hydrogen (secondary N) is 1. The average Bonchev–Trinajstić information content (AvgIpc) is 2.24. The van der Waals surface area contributed by atoms with Crippen molar-refractivity contribution in [1.82, 2.24) is 5.59 Å². The van der Waals surface area contributed by atoms with E-state index in [1.54, 1.807) is 12.2 Å². The third kappa shape index (κ3) is 6.17. The predicted octanol–water partition coefficient (Wildman–Crippen LogP) is 1.30. The highest BCUT2D eigenvalue weighted by molar-refractivity contribution is 6.01. The summed E-state index contributed by atoms with van der Waals surface area (Å²) >= 11 is 0. The molecule has 1 heterocycles. The number of carbonyl (C=O) groups excluding carboxylic acids is 1. The highest BCUT2D eigenvalue weighted by Crippen LogP contribution is 1.85. The van der Waals surface area contributed by atoms with Gasteiger partial charge < -0.3 is 0 Å². The molecule has 1 aliphatic heterocycles. The maximum Gasteiger partial charge on any atom is 0.178 e. The van der Waals surface area contributed by atoms with Crippen LogP contribution in [0.3, 0.4) is 0 Å². The van der Waals surface area contributed by atoms with Gasteiger partial charge in [0.1, 0.15) is 0 Å². The summed E-state index contributed by atoms with van der Waals surface area (Å²) in [5.41, 5.74) is 2.37. The molecule has 15 heavy (non-hydrogen) atoms. The van der Waals surface area contributed by atoms with Crippen LogP contribution in [0.5, 0.6) is 0 Å². The molecular formula is C11H12N2O2. The van der Waals surface area contributed by atoms with Gasteiger partial charge in [-0.15, -0.1) is 0 Å². The molecule has 0 saturated heterocycles. The second-order valence-corrected chi connectivity index (χ2v) is 2.61. The van der Waals surface area contributed by atoms with Gasteiger partial charge in [0.25, 0.3) is 0 Å². The molecule has 0 unspecified atom stereocenters. The number of hydrogen-bond acceptors (Lipinski definition) is 4. The largest absolute Gasteiger partial charge is 0.290 e. The van der Waals surface area contributed by atoms with E-state index < -0.39 is 0 Å².